The molecule has 1 aliphatic heterocycles. The number of carbonyl (C=O) groups is 1. The summed E-state index contributed by atoms with van der Waals surface area (Å²) in [6.07, 6.45) is 0. The van der Waals surface area contributed by atoms with Gasteiger partial charge in [-0.3, -0.25) is 4.79 Å². The van der Waals surface area contributed by atoms with Gasteiger partial charge in [0, 0.05) is 6.92 Å². The van der Waals surface area contributed by atoms with E-state index in [0.29, 0.717) is 0 Å². The minimum absolute atomic E-state index is 0.0130. The van der Waals surface area contributed by atoms with Crippen LogP contribution in [0.1, 0.15) is 12.5 Å². The molecule has 1 aliphatic rings. The molecular formula is C14H17FNO4S+. The lowest BCUT2D eigenvalue weighted by atomic mass is 10.1. The third-order valence-corrected chi connectivity index (χ3v) is 5.27. The zero-order valence-corrected chi connectivity index (χ0v) is 12.8. The van der Waals surface area contributed by atoms with Crippen molar-refractivity contribution in [1.82, 2.24) is 0 Å². The number of nitrogens with zero attached hydrogens (tertiary/aromatic N) is 1. The fourth-order valence-electron chi connectivity index (χ4n) is 2.05. The number of aryl methyl sites for hydroxylation is 1. The zero-order valence-electron chi connectivity index (χ0n) is 12.0. The predicted molar refractivity (Wildman–Crippen MR) is 77.7 cm³/mol. The summed E-state index contributed by atoms with van der Waals surface area (Å²) < 4.78 is 18.7. The molecule has 0 bridgehead atoms. The number of hydrogen-bond donors (Lipinski definition) is 1. The van der Waals surface area contributed by atoms with E-state index in [-0.39, 0.29) is 11.5 Å². The molecule has 3 unspecified atom stereocenters. The van der Waals surface area contributed by atoms with Gasteiger partial charge in [-0.05, 0) is 19.1 Å². The number of alkyl halides is 1. The third-order valence-electron chi connectivity index (χ3n) is 3.16. The molecule has 0 fully saturated rings. The number of benzene rings is 1. The number of Topliss-reactive ketones (excluding diaryl/α,β-unsaturated/α-hetero) is 1. The highest BCUT2D eigenvalue weighted by Gasteiger charge is 2.62. The monoisotopic (exact) mass is 314 g/mol. The molecule has 0 saturated heterocycles. The quantitative estimate of drug-likeness (QED) is 0.837. The topological polar surface area (TPSA) is 68.1 Å². The van der Waals surface area contributed by atoms with Crippen molar-refractivity contribution in [2.75, 3.05) is 13.8 Å². The highest BCUT2D eigenvalue weighted by Crippen LogP contribution is 2.34. The van der Waals surface area contributed by atoms with Gasteiger partial charge in [0.1, 0.15) is 0 Å². The number of halogens is 1. The third kappa shape index (κ3) is 2.95. The van der Waals surface area contributed by atoms with Gasteiger partial charge in [-0.1, -0.05) is 22.9 Å². The molecule has 114 valence electrons. The van der Waals surface area contributed by atoms with Crippen LogP contribution >= 0.6 is 0 Å². The molecule has 1 aromatic rings. The average molecular weight is 314 g/mol. The average Bonchev–Trinajstić information content (AvgIpc) is 2.81. The van der Waals surface area contributed by atoms with Gasteiger partial charge in [0.2, 0.25) is 11.2 Å². The molecule has 0 aliphatic carbocycles. The van der Waals surface area contributed by atoms with Crippen molar-refractivity contribution < 1.29 is 23.3 Å². The van der Waals surface area contributed by atoms with Crippen molar-refractivity contribution in [3.05, 3.63) is 29.8 Å². The van der Waals surface area contributed by atoms with Gasteiger partial charge in [0.15, 0.2) is 23.1 Å². The van der Waals surface area contributed by atoms with E-state index in [1.54, 1.807) is 0 Å². The number of aliphatic hydroxyl groups is 1. The summed E-state index contributed by atoms with van der Waals surface area (Å²) in [4.78, 5) is 17.2. The second-order valence-corrected chi connectivity index (χ2v) is 6.63. The van der Waals surface area contributed by atoms with Crippen LogP contribution in [-0.4, -0.2) is 41.4 Å². The van der Waals surface area contributed by atoms with E-state index >= 15 is 0 Å². The Hall–Kier alpha value is -1.44. The first kappa shape index (κ1) is 15.9. The first-order valence-corrected chi connectivity index (χ1v) is 7.54. The van der Waals surface area contributed by atoms with Crippen LogP contribution in [0.5, 0.6) is 0 Å². The normalized spacial score (nSPS) is 26.1. The van der Waals surface area contributed by atoms with Crippen molar-refractivity contribution in [2.45, 2.75) is 29.8 Å². The summed E-state index contributed by atoms with van der Waals surface area (Å²) in [6, 6.07) is 7.39. The fraction of sp³-hybridized carbons (Fsp3) is 0.429. The van der Waals surface area contributed by atoms with Crippen molar-refractivity contribution in [1.29, 1.82) is 0 Å². The highest BCUT2D eigenvalue weighted by molar-refractivity contribution is 7.94. The van der Waals surface area contributed by atoms with Crippen LogP contribution in [0, 0.1) is 6.92 Å². The van der Waals surface area contributed by atoms with Crippen LogP contribution < -0.4 is 0 Å². The number of rotatable bonds is 5. The smallest absolute Gasteiger partial charge is 0.320 e. The maximum Gasteiger partial charge on any atom is 0.320 e. The van der Waals surface area contributed by atoms with Gasteiger partial charge in [-0.25, -0.2) is 4.39 Å². The molecule has 3 atom stereocenters. The summed E-state index contributed by atoms with van der Waals surface area (Å²) >= 11 is -1.07. The maximum atomic E-state index is 13.2. The SMILES string of the molecule is CO[S+](c1ccc(C)cc1)C1C(C(C)=O)=NOC1(O)CF. The molecule has 0 spiro atoms. The molecule has 0 saturated carbocycles. The summed E-state index contributed by atoms with van der Waals surface area (Å²) in [5.41, 5.74) is 1.04. The Bertz CT molecular complexity index is 563. The van der Waals surface area contributed by atoms with Gasteiger partial charge in [0.25, 0.3) is 5.25 Å². The predicted octanol–water partition coefficient (Wildman–Crippen LogP) is 1.54. The lowest BCUT2D eigenvalue weighted by Crippen LogP contribution is -2.52. The highest BCUT2D eigenvalue weighted by atomic mass is 32.2. The molecule has 1 aromatic carbocycles. The standard InChI is InChI=1S/C14H17FNO4S/c1-9-4-6-11(7-5-9)21(19-3)13-12(10(2)17)16-20-14(13,18)8-15/h4-7,13,18H,8H2,1-3H3/q+1. The minimum Gasteiger partial charge on any atom is -0.351 e. The fourth-order valence-corrected chi connectivity index (χ4v) is 3.96. The van der Waals surface area contributed by atoms with E-state index in [0.717, 1.165) is 10.5 Å². The van der Waals surface area contributed by atoms with Crippen LogP contribution in [0.4, 0.5) is 4.39 Å². The van der Waals surface area contributed by atoms with Gasteiger partial charge in [-0.2, -0.15) is 4.18 Å². The van der Waals surface area contributed by atoms with E-state index < -0.39 is 28.9 Å². The van der Waals surface area contributed by atoms with E-state index in [9.17, 15) is 14.3 Å². The van der Waals surface area contributed by atoms with E-state index in [2.05, 4.69) is 5.16 Å². The molecule has 7 heteroatoms. The van der Waals surface area contributed by atoms with E-state index in [4.69, 9.17) is 9.02 Å². The van der Waals surface area contributed by atoms with Crippen molar-refractivity contribution in [3.63, 3.8) is 0 Å². The number of oxime groups is 1. The van der Waals surface area contributed by atoms with Crippen molar-refractivity contribution >= 4 is 22.7 Å². The molecule has 5 nitrogen and oxygen atoms in total. The Morgan fingerprint density at radius 1 is 1.52 bits per heavy atom. The Kier molecular flexibility index (Phi) is 4.65. The van der Waals surface area contributed by atoms with Crippen molar-refractivity contribution in [2.24, 2.45) is 5.16 Å². The lowest BCUT2D eigenvalue weighted by Gasteiger charge is -2.22. The molecule has 1 N–H and O–H groups in total. The van der Waals surface area contributed by atoms with Crippen LogP contribution in [-0.2, 0) is 25.0 Å². The van der Waals surface area contributed by atoms with Crippen LogP contribution in [0.3, 0.4) is 0 Å². The lowest BCUT2D eigenvalue weighted by molar-refractivity contribution is -0.191. The van der Waals surface area contributed by atoms with Gasteiger partial charge in [-0.15, -0.1) is 0 Å². The molecule has 2 rings (SSSR count). The van der Waals surface area contributed by atoms with Gasteiger partial charge < -0.3 is 9.94 Å². The second-order valence-electron chi connectivity index (χ2n) is 4.76. The Morgan fingerprint density at radius 3 is 2.62 bits per heavy atom. The summed E-state index contributed by atoms with van der Waals surface area (Å²) in [6.45, 7) is 2.05. The van der Waals surface area contributed by atoms with Gasteiger partial charge in [0.05, 0.1) is 7.11 Å². The van der Waals surface area contributed by atoms with Crippen LogP contribution in [0.15, 0.2) is 34.3 Å². The minimum atomic E-state index is -2.18. The molecule has 21 heavy (non-hydrogen) atoms. The second kappa shape index (κ2) is 6.13. The number of carbonyl (C=O) groups excluding carboxylic acids is 1. The molecule has 0 amide bonds. The Morgan fingerprint density at radius 2 is 2.14 bits per heavy atom. The maximum absolute atomic E-state index is 13.2. The number of ketones is 1. The van der Waals surface area contributed by atoms with E-state index in [1.165, 1.54) is 14.0 Å². The Labute approximate surface area is 125 Å². The molecule has 0 radical (unpaired) electrons. The first-order chi connectivity index (χ1) is 9.92. The molecular weight excluding hydrogens is 297 g/mol. The largest absolute Gasteiger partial charge is 0.351 e. The van der Waals surface area contributed by atoms with Gasteiger partial charge >= 0.3 is 5.79 Å². The summed E-state index contributed by atoms with van der Waals surface area (Å²) in [5, 5.41) is 12.8. The zero-order chi connectivity index (χ0) is 15.6. The van der Waals surface area contributed by atoms with E-state index in [1.807, 2.05) is 31.2 Å². The Balaban J connectivity index is 2.43. The summed E-state index contributed by atoms with van der Waals surface area (Å²) in [7, 11) is 1.44. The molecule has 1 heterocycles. The molecule has 0 aromatic heterocycles. The van der Waals surface area contributed by atoms with Crippen LogP contribution in [0.25, 0.3) is 0 Å². The first-order valence-electron chi connectivity index (χ1n) is 6.32. The summed E-state index contributed by atoms with van der Waals surface area (Å²) in [5.74, 6) is -2.56. The number of hydrogen-bond acceptors (Lipinski definition) is 5. The van der Waals surface area contributed by atoms with Crippen LogP contribution in [0.2, 0.25) is 0 Å². The van der Waals surface area contributed by atoms with Crippen molar-refractivity contribution in [3.8, 4) is 0 Å².